The minimum atomic E-state index is -3.65. The number of nitrogens with one attached hydrogen (secondary N) is 1. The van der Waals surface area contributed by atoms with Gasteiger partial charge in [0.1, 0.15) is 0 Å². The van der Waals surface area contributed by atoms with Crippen LogP contribution in [0, 0.1) is 13.8 Å². The molecule has 0 bridgehead atoms. The summed E-state index contributed by atoms with van der Waals surface area (Å²) in [6, 6.07) is 15.8. The van der Waals surface area contributed by atoms with Crippen molar-refractivity contribution < 1.29 is 8.42 Å². The van der Waals surface area contributed by atoms with Crippen molar-refractivity contribution >= 4 is 21.5 Å². The van der Waals surface area contributed by atoms with E-state index in [9.17, 15) is 8.42 Å². The average molecular weight is 378 g/mol. The van der Waals surface area contributed by atoms with Crippen LogP contribution in [0.3, 0.4) is 0 Å². The van der Waals surface area contributed by atoms with Crippen molar-refractivity contribution in [1.82, 2.24) is 14.4 Å². The van der Waals surface area contributed by atoms with Gasteiger partial charge in [-0.3, -0.25) is 9.12 Å². The highest BCUT2D eigenvalue weighted by atomic mass is 32.2. The molecule has 0 aliphatic heterocycles. The first-order chi connectivity index (χ1) is 12.9. The van der Waals surface area contributed by atoms with Gasteiger partial charge in [-0.05, 0) is 44.2 Å². The molecule has 6 nitrogen and oxygen atoms in total. The van der Waals surface area contributed by atoms with Gasteiger partial charge in [0.2, 0.25) is 5.78 Å². The van der Waals surface area contributed by atoms with E-state index in [2.05, 4.69) is 14.7 Å². The fraction of sp³-hybridized carbons (Fsp3) is 0.100. The lowest BCUT2D eigenvalue weighted by Crippen LogP contribution is -2.12. The summed E-state index contributed by atoms with van der Waals surface area (Å²) in [7, 11) is -3.65. The molecule has 0 fully saturated rings. The third-order valence-corrected chi connectivity index (χ3v) is 5.76. The molecule has 4 aromatic rings. The van der Waals surface area contributed by atoms with E-state index < -0.39 is 10.0 Å². The largest absolute Gasteiger partial charge is 0.288 e. The van der Waals surface area contributed by atoms with Gasteiger partial charge in [0, 0.05) is 29.3 Å². The molecule has 136 valence electrons. The SMILES string of the molecule is Cc1ccc(S(=O)(=O)Nc2cccc(-c3nc4ncccn4c3C)c2)cc1. The summed E-state index contributed by atoms with van der Waals surface area (Å²) >= 11 is 0. The zero-order chi connectivity index (χ0) is 19.0. The molecule has 0 atom stereocenters. The predicted octanol–water partition coefficient (Wildman–Crippen LogP) is 3.81. The van der Waals surface area contributed by atoms with E-state index in [0.29, 0.717) is 11.5 Å². The lowest BCUT2D eigenvalue weighted by Gasteiger charge is -2.09. The number of aryl methyl sites for hydroxylation is 2. The van der Waals surface area contributed by atoms with Gasteiger partial charge in [-0.1, -0.05) is 29.8 Å². The highest BCUT2D eigenvalue weighted by Gasteiger charge is 2.15. The summed E-state index contributed by atoms with van der Waals surface area (Å²) in [4.78, 5) is 9.05. The summed E-state index contributed by atoms with van der Waals surface area (Å²) in [6.07, 6.45) is 3.59. The number of aromatic nitrogens is 3. The quantitative estimate of drug-likeness (QED) is 0.586. The highest BCUT2D eigenvalue weighted by molar-refractivity contribution is 7.92. The van der Waals surface area contributed by atoms with Gasteiger partial charge in [0.05, 0.1) is 10.6 Å². The van der Waals surface area contributed by atoms with Crippen molar-refractivity contribution in [3.8, 4) is 11.3 Å². The van der Waals surface area contributed by atoms with E-state index in [1.165, 1.54) is 0 Å². The Morgan fingerprint density at radius 1 is 1.00 bits per heavy atom. The Morgan fingerprint density at radius 3 is 2.52 bits per heavy atom. The normalized spacial score (nSPS) is 11.6. The Bertz CT molecular complexity index is 1230. The van der Waals surface area contributed by atoms with E-state index in [0.717, 1.165) is 22.5 Å². The molecule has 0 saturated heterocycles. The third-order valence-electron chi connectivity index (χ3n) is 4.36. The number of anilines is 1. The smallest absolute Gasteiger partial charge is 0.261 e. The van der Waals surface area contributed by atoms with E-state index in [1.807, 2.05) is 36.6 Å². The molecule has 0 saturated carbocycles. The standard InChI is InChI=1S/C20H18N4O2S/c1-14-7-9-18(10-8-14)27(25,26)23-17-6-3-5-16(13-17)19-15(2)24-12-4-11-21-20(24)22-19/h3-13,23H,1-2H3. The van der Waals surface area contributed by atoms with Crippen LogP contribution in [-0.2, 0) is 10.0 Å². The van der Waals surface area contributed by atoms with Crippen LogP contribution in [0.15, 0.2) is 71.9 Å². The van der Waals surface area contributed by atoms with Crippen molar-refractivity contribution in [1.29, 1.82) is 0 Å². The van der Waals surface area contributed by atoms with Crippen molar-refractivity contribution in [2.75, 3.05) is 4.72 Å². The van der Waals surface area contributed by atoms with Gasteiger partial charge in [0.25, 0.3) is 10.0 Å². The first-order valence-corrected chi connectivity index (χ1v) is 9.92. The van der Waals surface area contributed by atoms with Gasteiger partial charge in [-0.2, -0.15) is 0 Å². The number of rotatable bonds is 4. The molecule has 0 amide bonds. The van der Waals surface area contributed by atoms with Crippen LogP contribution in [0.5, 0.6) is 0 Å². The van der Waals surface area contributed by atoms with Gasteiger partial charge >= 0.3 is 0 Å². The molecule has 4 rings (SSSR count). The maximum absolute atomic E-state index is 12.6. The van der Waals surface area contributed by atoms with E-state index in [4.69, 9.17) is 0 Å². The van der Waals surface area contributed by atoms with Gasteiger partial charge < -0.3 is 0 Å². The Labute approximate surface area is 157 Å². The minimum absolute atomic E-state index is 0.228. The summed E-state index contributed by atoms with van der Waals surface area (Å²) in [5.41, 5.74) is 4.02. The lowest BCUT2D eigenvalue weighted by molar-refractivity contribution is 0.601. The van der Waals surface area contributed by atoms with Gasteiger partial charge in [-0.25, -0.2) is 18.4 Å². The number of hydrogen-bond acceptors (Lipinski definition) is 4. The summed E-state index contributed by atoms with van der Waals surface area (Å²) < 4.78 is 29.8. The Hall–Kier alpha value is -3.19. The van der Waals surface area contributed by atoms with Crippen molar-refractivity contribution in [2.24, 2.45) is 0 Å². The number of imidazole rings is 1. The summed E-state index contributed by atoms with van der Waals surface area (Å²) in [5, 5.41) is 0. The Morgan fingerprint density at radius 2 is 1.78 bits per heavy atom. The number of sulfonamides is 1. The first-order valence-electron chi connectivity index (χ1n) is 8.44. The van der Waals surface area contributed by atoms with Crippen LogP contribution in [0.4, 0.5) is 5.69 Å². The molecule has 0 unspecified atom stereocenters. The van der Waals surface area contributed by atoms with Crippen LogP contribution >= 0.6 is 0 Å². The molecule has 2 aromatic carbocycles. The first kappa shape index (κ1) is 17.2. The maximum Gasteiger partial charge on any atom is 0.261 e. The summed E-state index contributed by atoms with van der Waals surface area (Å²) in [6.45, 7) is 3.87. The molecule has 0 spiro atoms. The molecule has 1 N–H and O–H groups in total. The van der Waals surface area contributed by atoms with Crippen molar-refractivity contribution in [3.05, 3.63) is 78.2 Å². The Balaban J connectivity index is 1.70. The monoisotopic (exact) mass is 378 g/mol. The summed E-state index contributed by atoms with van der Waals surface area (Å²) in [5.74, 6) is 0.607. The van der Waals surface area contributed by atoms with Gasteiger partial charge in [-0.15, -0.1) is 0 Å². The second kappa shape index (κ2) is 6.51. The highest BCUT2D eigenvalue weighted by Crippen LogP contribution is 2.26. The van der Waals surface area contributed by atoms with Gasteiger partial charge in [0.15, 0.2) is 0 Å². The van der Waals surface area contributed by atoms with Crippen LogP contribution in [0.1, 0.15) is 11.3 Å². The molecule has 2 heterocycles. The predicted molar refractivity (Wildman–Crippen MR) is 105 cm³/mol. The van der Waals surface area contributed by atoms with Crippen molar-refractivity contribution in [3.63, 3.8) is 0 Å². The second-order valence-corrected chi connectivity index (χ2v) is 8.02. The zero-order valence-electron chi connectivity index (χ0n) is 14.9. The molecule has 0 radical (unpaired) electrons. The molecule has 0 aliphatic rings. The van der Waals surface area contributed by atoms with E-state index in [1.54, 1.807) is 48.7 Å². The molecular formula is C20H18N4O2S. The van der Waals surface area contributed by atoms with Crippen LogP contribution in [0.25, 0.3) is 17.0 Å². The van der Waals surface area contributed by atoms with Crippen molar-refractivity contribution in [2.45, 2.75) is 18.7 Å². The molecule has 2 aromatic heterocycles. The second-order valence-electron chi connectivity index (χ2n) is 6.33. The number of fused-ring (bicyclic) bond motifs is 1. The van der Waals surface area contributed by atoms with Crippen LogP contribution in [-0.4, -0.2) is 22.8 Å². The van der Waals surface area contributed by atoms with Crippen LogP contribution < -0.4 is 4.72 Å². The van der Waals surface area contributed by atoms with E-state index >= 15 is 0 Å². The van der Waals surface area contributed by atoms with E-state index in [-0.39, 0.29) is 4.90 Å². The average Bonchev–Trinajstić information content (AvgIpc) is 2.99. The third kappa shape index (κ3) is 3.29. The molecule has 27 heavy (non-hydrogen) atoms. The number of benzene rings is 2. The van der Waals surface area contributed by atoms with Crippen LogP contribution in [0.2, 0.25) is 0 Å². The maximum atomic E-state index is 12.6. The topological polar surface area (TPSA) is 76.4 Å². The molecule has 7 heteroatoms. The molecule has 0 aliphatic carbocycles. The molecular weight excluding hydrogens is 360 g/mol. The number of nitrogens with zero attached hydrogens (tertiary/aromatic N) is 3. The lowest BCUT2D eigenvalue weighted by atomic mass is 10.1. The fourth-order valence-electron chi connectivity index (χ4n) is 2.94. The fourth-order valence-corrected chi connectivity index (χ4v) is 3.99. The zero-order valence-corrected chi connectivity index (χ0v) is 15.7. The number of hydrogen-bond donors (Lipinski definition) is 1. The minimum Gasteiger partial charge on any atom is -0.288 e. The Kier molecular flexibility index (Phi) is 4.16.